The lowest BCUT2D eigenvalue weighted by Crippen LogP contribution is -2.37. The quantitative estimate of drug-likeness (QED) is 0.700. The van der Waals surface area contributed by atoms with E-state index in [-0.39, 0.29) is 12.2 Å². The largest absolute Gasteiger partial charge is 0.390 e. The van der Waals surface area contributed by atoms with Gasteiger partial charge in [0.05, 0.1) is 16.8 Å². The van der Waals surface area contributed by atoms with Gasteiger partial charge in [0, 0.05) is 5.69 Å². The number of amides is 3. The summed E-state index contributed by atoms with van der Waals surface area (Å²) in [6.07, 6.45) is 6.16. The Balaban J connectivity index is 1.60. The van der Waals surface area contributed by atoms with Crippen molar-refractivity contribution in [3.8, 4) is 0 Å². The first-order valence-corrected chi connectivity index (χ1v) is 11.9. The first kappa shape index (κ1) is 20.3. The molecule has 1 aromatic carbocycles. The first-order chi connectivity index (χ1) is 13.5. The van der Waals surface area contributed by atoms with Gasteiger partial charge in [0.1, 0.15) is 9.92 Å². The standard InChI is InChI=1S/C21H29N3O4S/c1-20(2,27)11-21(3)12-29(28,23-18(21)25)24-19(26)22-17-15-8-4-6-13(15)10-14-7-5-9-16(14)17/h10,27H,4-9,11-12H2,1-3H3,(H2,22,23,24,25,26,28). The summed E-state index contributed by atoms with van der Waals surface area (Å²) >= 11 is 0. The third-order valence-electron chi connectivity index (χ3n) is 6.07. The number of hydrogen-bond donors (Lipinski definition) is 3. The molecule has 0 saturated carbocycles. The third-order valence-corrected chi connectivity index (χ3v) is 8.07. The van der Waals surface area contributed by atoms with E-state index in [0.29, 0.717) is 0 Å². The van der Waals surface area contributed by atoms with E-state index in [1.165, 1.54) is 22.3 Å². The molecule has 0 aromatic heterocycles. The van der Waals surface area contributed by atoms with Gasteiger partial charge in [0.2, 0.25) is 5.91 Å². The smallest absolute Gasteiger partial charge is 0.354 e. The fourth-order valence-corrected chi connectivity index (χ4v) is 7.30. The molecule has 1 fully saturated rings. The van der Waals surface area contributed by atoms with Crippen molar-refractivity contribution in [3.05, 3.63) is 28.3 Å². The number of anilines is 1. The number of carbonyl (C=O) groups excluding carboxylic acids is 2. The van der Waals surface area contributed by atoms with E-state index < -0.39 is 32.9 Å². The van der Waals surface area contributed by atoms with Gasteiger partial charge in [-0.15, -0.1) is 4.36 Å². The van der Waals surface area contributed by atoms with Crippen molar-refractivity contribution >= 4 is 27.5 Å². The summed E-state index contributed by atoms with van der Waals surface area (Å²) in [5.74, 6) is -0.538. The van der Waals surface area contributed by atoms with Gasteiger partial charge in [-0.2, -0.15) is 0 Å². The summed E-state index contributed by atoms with van der Waals surface area (Å²) in [4.78, 5) is 25.2. The molecule has 1 aliphatic heterocycles. The molecule has 158 valence electrons. The number of nitrogens with zero attached hydrogens (tertiary/aromatic N) is 1. The van der Waals surface area contributed by atoms with Gasteiger partial charge in [0.15, 0.2) is 0 Å². The Morgan fingerprint density at radius 1 is 1.24 bits per heavy atom. The van der Waals surface area contributed by atoms with Crippen LogP contribution in [0.2, 0.25) is 0 Å². The predicted octanol–water partition coefficient (Wildman–Crippen LogP) is 2.88. The number of hydrogen-bond acceptors (Lipinski definition) is 4. The predicted molar refractivity (Wildman–Crippen MR) is 112 cm³/mol. The fourth-order valence-electron chi connectivity index (χ4n) is 5.17. The second-order valence-electron chi connectivity index (χ2n) is 9.52. The summed E-state index contributed by atoms with van der Waals surface area (Å²) in [5, 5.41) is 13.0. The van der Waals surface area contributed by atoms with Crippen LogP contribution >= 0.6 is 0 Å². The number of urea groups is 1. The van der Waals surface area contributed by atoms with Crippen molar-refractivity contribution in [2.75, 3.05) is 11.1 Å². The van der Waals surface area contributed by atoms with Crippen molar-refractivity contribution in [2.24, 2.45) is 9.78 Å². The van der Waals surface area contributed by atoms with Gasteiger partial charge in [-0.1, -0.05) is 6.07 Å². The van der Waals surface area contributed by atoms with Crippen LogP contribution < -0.4 is 10.0 Å². The van der Waals surface area contributed by atoms with Crippen LogP contribution in [0, 0.1) is 5.41 Å². The molecule has 3 N–H and O–H groups in total. The monoisotopic (exact) mass is 419 g/mol. The zero-order valence-electron chi connectivity index (χ0n) is 17.3. The molecule has 3 aliphatic rings. The van der Waals surface area contributed by atoms with Gasteiger partial charge in [-0.3, -0.25) is 9.52 Å². The lowest BCUT2D eigenvalue weighted by molar-refractivity contribution is -0.128. The number of carbonyl (C=O) groups is 2. The summed E-state index contributed by atoms with van der Waals surface area (Å²) in [6, 6.07) is 1.59. The number of aryl methyl sites for hydroxylation is 2. The van der Waals surface area contributed by atoms with Crippen molar-refractivity contribution < 1.29 is 18.9 Å². The molecule has 2 atom stereocenters. The maximum atomic E-state index is 13.1. The van der Waals surface area contributed by atoms with Crippen LogP contribution in [0.3, 0.4) is 0 Å². The summed E-state index contributed by atoms with van der Waals surface area (Å²) in [6.45, 7) is 4.86. The first-order valence-electron chi connectivity index (χ1n) is 10.2. The van der Waals surface area contributed by atoms with Gasteiger partial charge in [0.25, 0.3) is 0 Å². The molecule has 0 bridgehead atoms. The van der Waals surface area contributed by atoms with E-state index in [0.717, 1.165) is 44.2 Å². The van der Waals surface area contributed by atoms with E-state index in [2.05, 4.69) is 20.5 Å². The highest BCUT2D eigenvalue weighted by molar-refractivity contribution is 7.93. The molecule has 8 heteroatoms. The minimum Gasteiger partial charge on any atom is -0.390 e. The third kappa shape index (κ3) is 3.92. The van der Waals surface area contributed by atoms with Crippen molar-refractivity contribution in [3.63, 3.8) is 0 Å². The zero-order valence-corrected chi connectivity index (χ0v) is 18.1. The van der Waals surface area contributed by atoms with Gasteiger partial charge < -0.3 is 10.4 Å². The molecule has 3 amide bonds. The highest BCUT2D eigenvalue weighted by Gasteiger charge is 2.48. The molecule has 2 unspecified atom stereocenters. The molecule has 29 heavy (non-hydrogen) atoms. The highest BCUT2D eigenvalue weighted by Crippen LogP contribution is 2.39. The Morgan fingerprint density at radius 2 is 1.83 bits per heavy atom. The van der Waals surface area contributed by atoms with Crippen molar-refractivity contribution in [1.82, 2.24) is 4.72 Å². The Labute approximate surface area is 172 Å². The minimum atomic E-state index is -3.23. The lowest BCUT2D eigenvalue weighted by atomic mass is 9.81. The normalized spacial score (nSPS) is 28.1. The number of fused-ring (bicyclic) bond motifs is 2. The maximum absolute atomic E-state index is 13.1. The van der Waals surface area contributed by atoms with Crippen LogP contribution in [0.5, 0.6) is 0 Å². The van der Waals surface area contributed by atoms with Gasteiger partial charge >= 0.3 is 6.03 Å². The van der Waals surface area contributed by atoms with E-state index in [4.69, 9.17) is 0 Å². The summed E-state index contributed by atoms with van der Waals surface area (Å²) in [5.41, 5.74) is 3.64. The molecular formula is C21H29N3O4S. The Bertz CT molecular complexity index is 985. The number of rotatable bonds is 3. The summed E-state index contributed by atoms with van der Waals surface area (Å²) < 4.78 is 19.4. The number of aliphatic hydroxyl groups is 1. The maximum Gasteiger partial charge on any atom is 0.354 e. The molecular weight excluding hydrogens is 390 g/mol. The van der Waals surface area contributed by atoms with Crippen molar-refractivity contribution in [2.45, 2.75) is 71.3 Å². The van der Waals surface area contributed by atoms with Crippen molar-refractivity contribution in [1.29, 1.82) is 0 Å². The van der Waals surface area contributed by atoms with Gasteiger partial charge in [-0.25, -0.2) is 9.00 Å². The topological polar surface area (TPSA) is 108 Å². The molecule has 1 aromatic rings. The van der Waals surface area contributed by atoms with Crippen LogP contribution in [0.4, 0.5) is 10.5 Å². The molecule has 7 nitrogen and oxygen atoms in total. The second-order valence-corrected chi connectivity index (χ2v) is 11.5. The van der Waals surface area contributed by atoms with E-state index in [1.807, 2.05) is 0 Å². The minimum absolute atomic E-state index is 0.0960. The van der Waals surface area contributed by atoms with Gasteiger partial charge in [-0.05, 0) is 88.0 Å². The van der Waals surface area contributed by atoms with E-state index >= 15 is 0 Å². The highest BCUT2D eigenvalue weighted by atomic mass is 32.2. The average molecular weight is 420 g/mol. The lowest BCUT2D eigenvalue weighted by Gasteiger charge is -2.27. The molecule has 1 heterocycles. The van der Waals surface area contributed by atoms with E-state index in [9.17, 15) is 18.9 Å². The Morgan fingerprint density at radius 3 is 2.38 bits per heavy atom. The molecule has 0 spiro atoms. The molecule has 1 saturated heterocycles. The Kier molecular flexibility index (Phi) is 4.77. The van der Waals surface area contributed by atoms with Crippen LogP contribution in [0.15, 0.2) is 10.4 Å². The average Bonchev–Trinajstić information content (AvgIpc) is 3.24. The molecule has 4 rings (SSSR count). The fraction of sp³-hybridized carbons (Fsp3) is 0.619. The number of benzene rings is 1. The SMILES string of the molecule is CC(C)(O)CC1(C)CS(=O)(=NC(=O)Nc2c3c(cc4c2CCC4)CCC3)NC1=O. The molecule has 2 aliphatic carbocycles. The van der Waals surface area contributed by atoms with Crippen LogP contribution in [0.25, 0.3) is 0 Å². The van der Waals surface area contributed by atoms with E-state index in [1.54, 1.807) is 20.8 Å². The van der Waals surface area contributed by atoms with Crippen LogP contribution in [-0.2, 0) is 40.4 Å². The molecule has 0 radical (unpaired) electrons. The zero-order chi connectivity index (χ0) is 21.0. The van der Waals surface area contributed by atoms with Crippen LogP contribution in [-0.4, -0.2) is 32.6 Å². The second kappa shape index (κ2) is 6.80. The van der Waals surface area contributed by atoms with Crippen LogP contribution in [0.1, 0.15) is 62.3 Å². The Hall–Kier alpha value is -1.93. The summed E-state index contributed by atoms with van der Waals surface area (Å²) in [7, 11) is -3.23. The number of nitrogens with one attached hydrogen (secondary N) is 2.